The summed E-state index contributed by atoms with van der Waals surface area (Å²) in [4.78, 5) is 43.3. The Labute approximate surface area is 118 Å². The maximum absolute atomic E-state index is 12.6. The van der Waals surface area contributed by atoms with E-state index in [9.17, 15) is 14.4 Å². The van der Waals surface area contributed by atoms with Crippen molar-refractivity contribution in [3.05, 3.63) is 28.0 Å². The van der Waals surface area contributed by atoms with Gasteiger partial charge in [0.05, 0.1) is 11.9 Å². The normalized spacial score (nSPS) is 18.3. The van der Waals surface area contributed by atoms with Gasteiger partial charge < -0.3 is 19.4 Å². The molecule has 1 amide bonds. The van der Waals surface area contributed by atoms with E-state index in [1.165, 1.54) is 11.2 Å². The lowest BCUT2D eigenvalue weighted by Crippen LogP contribution is -2.40. The fourth-order valence-electron chi connectivity index (χ4n) is 2.72. The first-order chi connectivity index (χ1) is 10.0. The Balaban J connectivity index is 2.12. The third-order valence-corrected chi connectivity index (χ3v) is 3.68. The van der Waals surface area contributed by atoms with Crippen LogP contribution in [-0.2, 0) is 4.79 Å². The van der Waals surface area contributed by atoms with Crippen LogP contribution in [0.1, 0.15) is 29.0 Å². The van der Waals surface area contributed by atoms with Crippen LogP contribution in [0.5, 0.6) is 0 Å². The molecule has 3 heterocycles. The summed E-state index contributed by atoms with van der Waals surface area (Å²) in [6.07, 6.45) is 2.22. The minimum atomic E-state index is -1.04. The van der Waals surface area contributed by atoms with Crippen LogP contribution < -0.4 is 5.56 Å². The van der Waals surface area contributed by atoms with E-state index in [4.69, 9.17) is 9.52 Å². The van der Waals surface area contributed by atoms with E-state index in [2.05, 4.69) is 9.97 Å². The van der Waals surface area contributed by atoms with Crippen molar-refractivity contribution in [2.45, 2.75) is 25.8 Å². The topological polar surface area (TPSA) is 117 Å². The third kappa shape index (κ3) is 1.99. The summed E-state index contributed by atoms with van der Waals surface area (Å²) < 4.78 is 5.33. The first-order valence-corrected chi connectivity index (χ1v) is 6.51. The Bertz CT molecular complexity index is 791. The van der Waals surface area contributed by atoms with Crippen molar-refractivity contribution in [2.75, 3.05) is 6.54 Å². The van der Waals surface area contributed by atoms with Gasteiger partial charge in [-0.1, -0.05) is 0 Å². The number of carboxylic acid groups (broad SMARTS) is 1. The average molecular weight is 291 g/mol. The second-order valence-electron chi connectivity index (χ2n) is 4.94. The number of nitrogens with one attached hydrogen (secondary N) is 1. The molecule has 8 heteroatoms. The van der Waals surface area contributed by atoms with E-state index in [-0.39, 0.29) is 22.4 Å². The van der Waals surface area contributed by atoms with Crippen LogP contribution in [0.4, 0.5) is 0 Å². The van der Waals surface area contributed by atoms with E-state index in [1.807, 2.05) is 0 Å². The number of fused-ring (bicyclic) bond motifs is 1. The highest BCUT2D eigenvalue weighted by Crippen LogP contribution is 2.26. The zero-order valence-electron chi connectivity index (χ0n) is 11.3. The molecule has 1 fully saturated rings. The van der Waals surface area contributed by atoms with E-state index >= 15 is 0 Å². The second kappa shape index (κ2) is 4.72. The van der Waals surface area contributed by atoms with Gasteiger partial charge >= 0.3 is 5.97 Å². The summed E-state index contributed by atoms with van der Waals surface area (Å²) in [6, 6.07) is -0.863. The summed E-state index contributed by atoms with van der Waals surface area (Å²) in [5.74, 6) is -1.29. The van der Waals surface area contributed by atoms with Crippen molar-refractivity contribution in [3.8, 4) is 0 Å². The first-order valence-electron chi connectivity index (χ1n) is 6.51. The molecule has 3 rings (SSSR count). The molecular formula is C13H13N3O5. The molecule has 0 saturated carbocycles. The molecule has 2 N–H and O–H groups in total. The lowest BCUT2D eigenvalue weighted by atomic mass is 10.1. The molecule has 0 spiro atoms. The Hall–Kier alpha value is -2.64. The van der Waals surface area contributed by atoms with Crippen LogP contribution in [0.2, 0.25) is 0 Å². The highest BCUT2D eigenvalue weighted by molar-refractivity contribution is 6.07. The standard InChI is InChI=1S/C13H13N3O5/c1-6-8(9-10(17)14-5-15-11(9)21-6)12(18)16-4-2-3-7(16)13(19)20/h5,7H,2-4H2,1H3,(H,19,20)(H,14,15,17). The SMILES string of the molecule is Cc1oc2nc[nH]c(=O)c2c1C(=O)N1CCCC1C(=O)O. The van der Waals surface area contributed by atoms with E-state index in [0.29, 0.717) is 19.4 Å². The average Bonchev–Trinajstić information content (AvgIpc) is 3.02. The van der Waals surface area contributed by atoms with E-state index in [1.54, 1.807) is 6.92 Å². The van der Waals surface area contributed by atoms with Crippen LogP contribution >= 0.6 is 0 Å². The van der Waals surface area contributed by atoms with Gasteiger partial charge in [0, 0.05) is 6.54 Å². The number of carbonyl (C=O) groups excluding carboxylic acids is 1. The third-order valence-electron chi connectivity index (χ3n) is 3.68. The second-order valence-corrected chi connectivity index (χ2v) is 4.94. The molecule has 0 bridgehead atoms. The molecule has 1 atom stereocenters. The minimum Gasteiger partial charge on any atom is -0.480 e. The fourth-order valence-corrected chi connectivity index (χ4v) is 2.72. The van der Waals surface area contributed by atoms with E-state index < -0.39 is 23.5 Å². The lowest BCUT2D eigenvalue weighted by Gasteiger charge is -2.21. The number of likely N-dealkylation sites (tertiary alicyclic amines) is 1. The summed E-state index contributed by atoms with van der Waals surface area (Å²) in [7, 11) is 0. The molecule has 2 aromatic heterocycles. The number of amides is 1. The molecule has 1 unspecified atom stereocenters. The monoisotopic (exact) mass is 291 g/mol. The van der Waals surface area contributed by atoms with Crippen LogP contribution in [0.25, 0.3) is 11.1 Å². The number of aromatic nitrogens is 2. The predicted molar refractivity (Wildman–Crippen MR) is 71.1 cm³/mol. The van der Waals surface area contributed by atoms with Gasteiger partial charge in [-0.15, -0.1) is 0 Å². The van der Waals surface area contributed by atoms with Gasteiger partial charge in [-0.25, -0.2) is 9.78 Å². The summed E-state index contributed by atoms with van der Waals surface area (Å²) >= 11 is 0. The number of aliphatic carboxylic acids is 1. The van der Waals surface area contributed by atoms with Crippen molar-refractivity contribution in [1.29, 1.82) is 0 Å². The van der Waals surface area contributed by atoms with Gasteiger partial charge in [0.2, 0.25) is 5.71 Å². The van der Waals surface area contributed by atoms with Gasteiger partial charge in [-0.3, -0.25) is 9.59 Å². The molecule has 1 aliphatic rings. The summed E-state index contributed by atoms with van der Waals surface area (Å²) in [5, 5.41) is 9.24. The Kier molecular flexibility index (Phi) is 3.00. The van der Waals surface area contributed by atoms with Crippen LogP contribution in [0.3, 0.4) is 0 Å². The summed E-state index contributed by atoms with van der Waals surface area (Å²) in [6.45, 7) is 1.90. The zero-order chi connectivity index (χ0) is 15.1. The maximum Gasteiger partial charge on any atom is 0.326 e. The zero-order valence-corrected chi connectivity index (χ0v) is 11.3. The molecule has 8 nitrogen and oxygen atoms in total. The van der Waals surface area contributed by atoms with Crippen molar-refractivity contribution in [1.82, 2.24) is 14.9 Å². The number of aromatic amines is 1. The van der Waals surface area contributed by atoms with Gasteiger partial charge in [0.25, 0.3) is 11.5 Å². The highest BCUT2D eigenvalue weighted by Gasteiger charge is 2.37. The van der Waals surface area contributed by atoms with Crippen molar-refractivity contribution < 1.29 is 19.1 Å². The highest BCUT2D eigenvalue weighted by atomic mass is 16.4. The molecule has 21 heavy (non-hydrogen) atoms. The van der Waals surface area contributed by atoms with Crippen molar-refractivity contribution in [3.63, 3.8) is 0 Å². The van der Waals surface area contributed by atoms with Gasteiger partial charge in [-0.2, -0.15) is 0 Å². The Morgan fingerprint density at radius 1 is 1.52 bits per heavy atom. The molecule has 110 valence electrons. The number of nitrogens with zero attached hydrogens (tertiary/aromatic N) is 2. The number of furan rings is 1. The Morgan fingerprint density at radius 3 is 3.00 bits per heavy atom. The number of rotatable bonds is 2. The minimum absolute atomic E-state index is 0.0658. The molecule has 2 aromatic rings. The Morgan fingerprint density at radius 2 is 2.29 bits per heavy atom. The molecule has 1 saturated heterocycles. The molecular weight excluding hydrogens is 278 g/mol. The van der Waals surface area contributed by atoms with Crippen LogP contribution in [0, 0.1) is 6.92 Å². The molecule has 0 aromatic carbocycles. The largest absolute Gasteiger partial charge is 0.480 e. The molecule has 1 aliphatic heterocycles. The van der Waals surface area contributed by atoms with Crippen LogP contribution in [0.15, 0.2) is 15.5 Å². The number of H-pyrrole nitrogens is 1. The van der Waals surface area contributed by atoms with Crippen molar-refractivity contribution >= 4 is 23.0 Å². The quantitative estimate of drug-likeness (QED) is 0.832. The van der Waals surface area contributed by atoms with Gasteiger partial charge in [0.1, 0.15) is 17.2 Å². The first kappa shape index (κ1) is 13.3. The number of hydrogen-bond donors (Lipinski definition) is 2. The molecule has 0 aliphatic carbocycles. The smallest absolute Gasteiger partial charge is 0.326 e. The fraction of sp³-hybridized carbons (Fsp3) is 0.385. The number of carbonyl (C=O) groups is 2. The number of hydrogen-bond acceptors (Lipinski definition) is 5. The van der Waals surface area contributed by atoms with Crippen molar-refractivity contribution in [2.24, 2.45) is 0 Å². The lowest BCUT2D eigenvalue weighted by molar-refractivity contribution is -0.141. The summed E-state index contributed by atoms with van der Waals surface area (Å²) in [5.41, 5.74) is -0.315. The van der Waals surface area contributed by atoms with Crippen LogP contribution in [-0.4, -0.2) is 44.4 Å². The van der Waals surface area contributed by atoms with Gasteiger partial charge in [-0.05, 0) is 19.8 Å². The van der Waals surface area contributed by atoms with Gasteiger partial charge in [0.15, 0.2) is 0 Å². The number of aryl methyl sites for hydroxylation is 1. The van der Waals surface area contributed by atoms with E-state index in [0.717, 1.165) is 0 Å². The maximum atomic E-state index is 12.6. The number of carboxylic acids is 1. The molecule has 0 radical (unpaired) electrons. The predicted octanol–water partition coefficient (Wildman–Crippen LogP) is 0.514.